The van der Waals surface area contributed by atoms with E-state index < -0.39 is 0 Å². The second kappa shape index (κ2) is 19.0. The number of rotatable bonds is 15. The highest BCUT2D eigenvalue weighted by Crippen LogP contribution is 2.23. The number of unbranched alkanes of at least 4 members (excludes halogenated alkanes) is 1. The Morgan fingerprint density at radius 1 is 0.750 bits per heavy atom. The molecule has 1 heteroatoms. The maximum Gasteiger partial charge on any atom is 0.132 e. The van der Waals surface area contributed by atoms with E-state index in [0.29, 0.717) is 12.2 Å². The lowest BCUT2D eigenvalue weighted by Crippen LogP contribution is -2.03. The highest BCUT2D eigenvalue weighted by atomic mass is 16.1. The highest BCUT2D eigenvalue weighted by molar-refractivity contribution is 5.77. The van der Waals surface area contributed by atoms with Gasteiger partial charge in [0.2, 0.25) is 0 Å². The number of hydrogen-bond donors (Lipinski definition) is 0. The van der Waals surface area contributed by atoms with E-state index >= 15 is 0 Å². The second-order valence-corrected chi connectivity index (χ2v) is 7.77. The van der Waals surface area contributed by atoms with Gasteiger partial charge in [-0.2, -0.15) is 0 Å². The van der Waals surface area contributed by atoms with Gasteiger partial charge in [-0.15, -0.1) is 0 Å². The Hall–Kier alpha value is -0.330. The molecule has 146 valence electrons. The molecule has 0 N–H and O–H groups in total. The Morgan fingerprint density at radius 2 is 1.29 bits per heavy atom. The minimum absolute atomic E-state index is 0.434. The fourth-order valence-corrected chi connectivity index (χ4v) is 3.26. The van der Waals surface area contributed by atoms with E-state index in [9.17, 15) is 4.79 Å². The van der Waals surface area contributed by atoms with Gasteiger partial charge in [0, 0.05) is 12.8 Å². The molecule has 2 atom stereocenters. The van der Waals surface area contributed by atoms with Crippen LogP contribution in [0, 0.1) is 17.8 Å². The summed E-state index contributed by atoms with van der Waals surface area (Å²) in [5, 5.41) is 0. The standard InChI is InChI=1S/C21H42O.C2H6/c1-6-20(15-8-9-17-21(22)7-2)16-11-14-19(5)13-10-12-18(3)4;1-2/h18-20H,6-17H2,1-5H3;1-2H3. The molecule has 0 aromatic rings. The van der Waals surface area contributed by atoms with Crippen molar-refractivity contribution in [1.29, 1.82) is 0 Å². The average Bonchev–Trinajstić information content (AvgIpc) is 2.58. The van der Waals surface area contributed by atoms with E-state index in [-0.39, 0.29) is 0 Å². The molecule has 0 radical (unpaired) electrons. The first-order valence-corrected chi connectivity index (χ1v) is 11.0. The minimum Gasteiger partial charge on any atom is -0.300 e. The molecule has 0 rings (SSSR count). The van der Waals surface area contributed by atoms with Crippen molar-refractivity contribution in [2.24, 2.45) is 17.8 Å². The predicted molar refractivity (Wildman–Crippen MR) is 111 cm³/mol. The number of ketones is 1. The molecule has 0 saturated heterocycles. The van der Waals surface area contributed by atoms with Crippen LogP contribution < -0.4 is 0 Å². The summed E-state index contributed by atoms with van der Waals surface area (Å²) < 4.78 is 0. The number of hydrogen-bond acceptors (Lipinski definition) is 1. The molecule has 0 fully saturated rings. The summed E-state index contributed by atoms with van der Waals surface area (Å²) in [5.41, 5.74) is 0. The van der Waals surface area contributed by atoms with Crippen molar-refractivity contribution in [3.05, 3.63) is 0 Å². The zero-order valence-electron chi connectivity index (χ0n) is 18.1. The third kappa shape index (κ3) is 18.0. The van der Waals surface area contributed by atoms with Crippen LogP contribution in [0.2, 0.25) is 0 Å². The summed E-state index contributed by atoms with van der Waals surface area (Å²) in [4.78, 5) is 11.3. The number of Topliss-reactive ketones (excluding diaryl/α,β-unsaturated/α-hetero) is 1. The van der Waals surface area contributed by atoms with Gasteiger partial charge in [-0.3, -0.25) is 4.79 Å². The first-order chi connectivity index (χ1) is 11.5. The van der Waals surface area contributed by atoms with Crippen molar-refractivity contribution in [1.82, 2.24) is 0 Å². The fourth-order valence-electron chi connectivity index (χ4n) is 3.26. The van der Waals surface area contributed by atoms with Crippen LogP contribution in [0.4, 0.5) is 0 Å². The normalized spacial score (nSPS) is 13.3. The van der Waals surface area contributed by atoms with Crippen molar-refractivity contribution in [3.8, 4) is 0 Å². The van der Waals surface area contributed by atoms with Gasteiger partial charge in [-0.1, -0.05) is 106 Å². The van der Waals surface area contributed by atoms with Crippen LogP contribution in [0.15, 0.2) is 0 Å². The van der Waals surface area contributed by atoms with Gasteiger partial charge in [0.05, 0.1) is 0 Å². The molecule has 0 heterocycles. The second-order valence-electron chi connectivity index (χ2n) is 7.77. The van der Waals surface area contributed by atoms with Crippen LogP contribution >= 0.6 is 0 Å². The Bertz CT molecular complexity index is 257. The molecule has 24 heavy (non-hydrogen) atoms. The molecule has 0 aliphatic rings. The summed E-state index contributed by atoms with van der Waals surface area (Å²) in [5.74, 6) is 3.08. The molecule has 0 aromatic carbocycles. The Balaban J connectivity index is 0. The van der Waals surface area contributed by atoms with Gasteiger partial charge in [-0.05, 0) is 24.2 Å². The largest absolute Gasteiger partial charge is 0.300 e. The third-order valence-corrected chi connectivity index (χ3v) is 5.08. The van der Waals surface area contributed by atoms with E-state index in [4.69, 9.17) is 0 Å². The smallest absolute Gasteiger partial charge is 0.132 e. The van der Waals surface area contributed by atoms with Crippen LogP contribution in [0.3, 0.4) is 0 Å². The zero-order chi connectivity index (χ0) is 18.8. The molecular formula is C23H48O. The van der Waals surface area contributed by atoms with Gasteiger partial charge in [0.1, 0.15) is 5.78 Å². The lowest BCUT2D eigenvalue weighted by molar-refractivity contribution is -0.118. The van der Waals surface area contributed by atoms with Gasteiger partial charge in [0.25, 0.3) is 0 Å². The first-order valence-electron chi connectivity index (χ1n) is 11.0. The van der Waals surface area contributed by atoms with E-state index in [1.807, 2.05) is 20.8 Å². The van der Waals surface area contributed by atoms with Crippen LogP contribution in [0.5, 0.6) is 0 Å². The quantitative estimate of drug-likeness (QED) is 0.274. The summed E-state index contributed by atoms with van der Waals surface area (Å²) in [6, 6.07) is 0. The maximum absolute atomic E-state index is 11.3. The Morgan fingerprint density at radius 3 is 1.79 bits per heavy atom. The van der Waals surface area contributed by atoms with Crippen molar-refractivity contribution < 1.29 is 4.79 Å². The average molecular weight is 341 g/mol. The lowest BCUT2D eigenvalue weighted by Gasteiger charge is -2.17. The number of carbonyl (C=O) groups is 1. The molecule has 0 aliphatic carbocycles. The van der Waals surface area contributed by atoms with Crippen LogP contribution in [0.25, 0.3) is 0 Å². The van der Waals surface area contributed by atoms with Crippen LogP contribution in [0.1, 0.15) is 126 Å². The zero-order valence-corrected chi connectivity index (χ0v) is 18.1. The fraction of sp³-hybridized carbons (Fsp3) is 0.957. The van der Waals surface area contributed by atoms with Gasteiger partial charge in [0.15, 0.2) is 0 Å². The number of carbonyl (C=O) groups excluding carboxylic acids is 1. The molecule has 0 amide bonds. The molecule has 0 aromatic heterocycles. The molecule has 0 aliphatic heterocycles. The molecule has 2 unspecified atom stereocenters. The van der Waals surface area contributed by atoms with Crippen LogP contribution in [-0.4, -0.2) is 5.78 Å². The molecular weight excluding hydrogens is 292 g/mol. The summed E-state index contributed by atoms with van der Waals surface area (Å²) in [7, 11) is 0. The van der Waals surface area contributed by atoms with E-state index in [0.717, 1.165) is 30.6 Å². The molecule has 0 bridgehead atoms. The SMILES string of the molecule is CC.CCC(=O)CCCCC(CC)CCCC(C)CCCC(C)C. The lowest BCUT2D eigenvalue weighted by atomic mass is 9.89. The van der Waals surface area contributed by atoms with E-state index in [1.54, 1.807) is 0 Å². The van der Waals surface area contributed by atoms with Crippen LogP contribution in [-0.2, 0) is 4.79 Å². The van der Waals surface area contributed by atoms with Gasteiger partial charge >= 0.3 is 0 Å². The molecule has 1 nitrogen and oxygen atoms in total. The van der Waals surface area contributed by atoms with Crippen molar-refractivity contribution >= 4 is 5.78 Å². The molecule has 0 saturated carbocycles. The Labute approximate surface area is 154 Å². The summed E-state index contributed by atoms with van der Waals surface area (Å²) in [6.07, 6.45) is 14.9. The van der Waals surface area contributed by atoms with Gasteiger partial charge < -0.3 is 0 Å². The topological polar surface area (TPSA) is 17.1 Å². The van der Waals surface area contributed by atoms with Crippen molar-refractivity contribution in [2.45, 2.75) is 126 Å². The van der Waals surface area contributed by atoms with Crippen molar-refractivity contribution in [3.63, 3.8) is 0 Å². The highest BCUT2D eigenvalue weighted by Gasteiger charge is 2.09. The molecule has 0 spiro atoms. The summed E-state index contributed by atoms with van der Waals surface area (Å²) >= 11 is 0. The Kier molecular flexibility index (Phi) is 20.5. The van der Waals surface area contributed by atoms with E-state index in [1.165, 1.54) is 57.8 Å². The third-order valence-electron chi connectivity index (χ3n) is 5.08. The predicted octanol–water partition coefficient (Wildman–Crippen LogP) is 8.21. The van der Waals surface area contributed by atoms with E-state index in [2.05, 4.69) is 27.7 Å². The van der Waals surface area contributed by atoms with Gasteiger partial charge in [-0.25, -0.2) is 0 Å². The van der Waals surface area contributed by atoms with Crippen molar-refractivity contribution in [2.75, 3.05) is 0 Å². The maximum atomic E-state index is 11.3. The monoisotopic (exact) mass is 340 g/mol. The minimum atomic E-state index is 0.434. The summed E-state index contributed by atoms with van der Waals surface area (Å²) in [6.45, 7) is 15.4. The first kappa shape index (κ1) is 25.9.